The molecule has 0 spiro atoms. The minimum Gasteiger partial charge on any atom is -0.346 e. The van der Waals surface area contributed by atoms with Crippen LogP contribution in [0.25, 0.3) is 0 Å². The quantitative estimate of drug-likeness (QED) is 0.884. The second-order valence-electron chi connectivity index (χ2n) is 5.51. The van der Waals surface area contributed by atoms with E-state index < -0.39 is 5.54 Å². The highest BCUT2D eigenvalue weighted by Gasteiger charge is 2.35. The van der Waals surface area contributed by atoms with Crippen molar-refractivity contribution in [3.05, 3.63) is 29.8 Å². The Bertz CT molecular complexity index is 474. The summed E-state index contributed by atoms with van der Waals surface area (Å²) in [5.41, 5.74) is 1.33. The molecule has 0 bridgehead atoms. The van der Waals surface area contributed by atoms with Crippen molar-refractivity contribution in [3.63, 3.8) is 0 Å². The molecule has 5 nitrogen and oxygen atoms in total. The van der Waals surface area contributed by atoms with Gasteiger partial charge in [-0.1, -0.05) is 12.1 Å². The molecular weight excluding hydrogens is 256 g/mol. The van der Waals surface area contributed by atoms with Crippen LogP contribution in [0.4, 0.5) is 5.69 Å². The van der Waals surface area contributed by atoms with Crippen LogP contribution in [0, 0.1) is 0 Å². The summed E-state index contributed by atoms with van der Waals surface area (Å²) < 4.78 is 10.9. The maximum Gasteiger partial charge on any atom is 0.244 e. The van der Waals surface area contributed by atoms with Crippen molar-refractivity contribution < 1.29 is 14.3 Å². The predicted octanol–water partition coefficient (Wildman–Crippen LogP) is 1.81. The Morgan fingerprint density at radius 1 is 1.30 bits per heavy atom. The summed E-state index contributed by atoms with van der Waals surface area (Å²) in [6.07, 6.45) is 1.65. The molecule has 2 aliphatic rings. The van der Waals surface area contributed by atoms with E-state index in [1.54, 1.807) is 0 Å². The molecule has 2 saturated heterocycles. The Kier molecular flexibility index (Phi) is 3.74. The number of anilines is 1. The first-order valence-corrected chi connectivity index (χ1v) is 7.07. The highest BCUT2D eigenvalue weighted by atomic mass is 16.7. The number of ether oxygens (including phenoxy) is 2. The van der Waals surface area contributed by atoms with Crippen molar-refractivity contribution in [1.29, 1.82) is 0 Å². The maximum absolute atomic E-state index is 12.3. The van der Waals surface area contributed by atoms with Crippen molar-refractivity contribution >= 4 is 11.6 Å². The van der Waals surface area contributed by atoms with Crippen molar-refractivity contribution in [1.82, 2.24) is 5.32 Å². The van der Waals surface area contributed by atoms with Crippen LogP contribution in [-0.4, -0.2) is 31.2 Å². The lowest BCUT2D eigenvalue weighted by molar-refractivity contribution is -0.121. The number of amides is 1. The second kappa shape index (κ2) is 5.52. The first-order chi connectivity index (χ1) is 9.67. The van der Waals surface area contributed by atoms with E-state index in [0.29, 0.717) is 13.2 Å². The van der Waals surface area contributed by atoms with Gasteiger partial charge < -0.3 is 20.1 Å². The fourth-order valence-corrected chi connectivity index (χ4v) is 2.63. The third-order valence-corrected chi connectivity index (χ3v) is 3.93. The number of hydrogen-bond acceptors (Lipinski definition) is 4. The molecule has 2 aliphatic heterocycles. The molecule has 0 radical (unpaired) electrons. The number of carbonyl (C=O) groups excluding carboxylic acids is 1. The van der Waals surface area contributed by atoms with Gasteiger partial charge in [-0.3, -0.25) is 4.79 Å². The Morgan fingerprint density at radius 2 is 2.00 bits per heavy atom. The Labute approximate surface area is 118 Å². The van der Waals surface area contributed by atoms with Crippen molar-refractivity contribution in [3.8, 4) is 0 Å². The topological polar surface area (TPSA) is 59.6 Å². The normalized spacial score (nSPS) is 26.9. The maximum atomic E-state index is 12.3. The number of rotatable bonds is 3. The highest BCUT2D eigenvalue weighted by molar-refractivity contribution is 5.98. The predicted molar refractivity (Wildman–Crippen MR) is 75.4 cm³/mol. The van der Waals surface area contributed by atoms with Crippen molar-refractivity contribution in [2.45, 2.75) is 31.6 Å². The van der Waals surface area contributed by atoms with Gasteiger partial charge in [0.25, 0.3) is 0 Å². The molecule has 5 heteroatoms. The summed E-state index contributed by atoms with van der Waals surface area (Å²) >= 11 is 0. The zero-order chi connectivity index (χ0) is 14.0. The van der Waals surface area contributed by atoms with E-state index in [9.17, 15) is 4.79 Å². The van der Waals surface area contributed by atoms with Gasteiger partial charge in [-0.15, -0.1) is 0 Å². The lowest BCUT2D eigenvalue weighted by atomic mass is 9.99. The molecular formula is C15H20N2O3. The largest absolute Gasteiger partial charge is 0.346 e. The van der Waals surface area contributed by atoms with E-state index in [4.69, 9.17) is 9.47 Å². The van der Waals surface area contributed by atoms with E-state index in [2.05, 4.69) is 10.6 Å². The molecule has 1 atom stereocenters. The fourth-order valence-electron chi connectivity index (χ4n) is 2.63. The standard InChI is InChI=1S/C15H20N2O3/c1-15(7-2-8-16-15)14(18)17-12-5-3-11(4-6-12)13-19-9-10-20-13/h3-6,13,16H,2,7-10H2,1H3,(H,17,18). The first kappa shape index (κ1) is 13.5. The number of hydrogen-bond donors (Lipinski definition) is 2. The molecule has 3 rings (SSSR count). The average molecular weight is 276 g/mol. The second-order valence-corrected chi connectivity index (χ2v) is 5.51. The van der Waals surface area contributed by atoms with E-state index in [-0.39, 0.29) is 12.2 Å². The Morgan fingerprint density at radius 3 is 2.60 bits per heavy atom. The molecule has 1 aromatic rings. The van der Waals surface area contributed by atoms with Crippen molar-refractivity contribution in [2.24, 2.45) is 0 Å². The fraction of sp³-hybridized carbons (Fsp3) is 0.533. The molecule has 1 aromatic carbocycles. The molecule has 20 heavy (non-hydrogen) atoms. The summed E-state index contributed by atoms with van der Waals surface area (Å²) in [5.74, 6) is 0.0242. The lowest BCUT2D eigenvalue weighted by Gasteiger charge is -2.23. The SMILES string of the molecule is CC1(C(=O)Nc2ccc(C3OCCO3)cc2)CCCN1. The molecule has 0 aromatic heterocycles. The van der Waals surface area contributed by atoms with E-state index in [0.717, 1.165) is 30.6 Å². The van der Waals surface area contributed by atoms with Crippen LogP contribution >= 0.6 is 0 Å². The van der Waals surface area contributed by atoms with Gasteiger partial charge in [0, 0.05) is 11.3 Å². The van der Waals surface area contributed by atoms with Gasteiger partial charge in [0.05, 0.1) is 18.8 Å². The third-order valence-electron chi connectivity index (χ3n) is 3.93. The van der Waals surface area contributed by atoms with Crippen LogP contribution in [0.3, 0.4) is 0 Å². The minimum atomic E-state index is -0.448. The highest BCUT2D eigenvalue weighted by Crippen LogP contribution is 2.25. The van der Waals surface area contributed by atoms with Gasteiger partial charge >= 0.3 is 0 Å². The zero-order valence-corrected chi connectivity index (χ0v) is 11.6. The molecule has 1 amide bonds. The molecule has 2 fully saturated rings. The monoisotopic (exact) mass is 276 g/mol. The van der Waals surface area contributed by atoms with Crippen LogP contribution in [0.5, 0.6) is 0 Å². The van der Waals surface area contributed by atoms with Gasteiger partial charge in [0.2, 0.25) is 5.91 Å². The smallest absolute Gasteiger partial charge is 0.244 e. The van der Waals surface area contributed by atoms with Gasteiger partial charge in [0.1, 0.15) is 0 Å². The number of nitrogens with one attached hydrogen (secondary N) is 2. The molecule has 1 unspecified atom stereocenters. The van der Waals surface area contributed by atoms with Crippen LogP contribution in [0.2, 0.25) is 0 Å². The van der Waals surface area contributed by atoms with Gasteiger partial charge in [-0.2, -0.15) is 0 Å². The Balaban J connectivity index is 1.64. The number of carbonyl (C=O) groups is 1. The molecule has 108 valence electrons. The molecule has 2 heterocycles. The van der Waals surface area contributed by atoms with Crippen LogP contribution in [0.15, 0.2) is 24.3 Å². The summed E-state index contributed by atoms with van der Waals surface area (Å²) in [7, 11) is 0. The number of benzene rings is 1. The van der Waals surface area contributed by atoms with Crippen molar-refractivity contribution in [2.75, 3.05) is 25.1 Å². The minimum absolute atomic E-state index is 0.0242. The molecule has 2 N–H and O–H groups in total. The molecule has 0 aliphatic carbocycles. The van der Waals surface area contributed by atoms with Crippen LogP contribution in [-0.2, 0) is 14.3 Å². The average Bonchev–Trinajstić information content (AvgIpc) is 3.11. The van der Waals surface area contributed by atoms with Gasteiger partial charge in [-0.05, 0) is 38.4 Å². The third kappa shape index (κ3) is 2.70. The van der Waals surface area contributed by atoms with Gasteiger partial charge in [0.15, 0.2) is 6.29 Å². The summed E-state index contributed by atoms with van der Waals surface area (Å²) in [5, 5.41) is 6.22. The summed E-state index contributed by atoms with van der Waals surface area (Å²) in [6, 6.07) is 7.62. The zero-order valence-electron chi connectivity index (χ0n) is 11.6. The molecule has 0 saturated carbocycles. The van der Waals surface area contributed by atoms with Crippen LogP contribution < -0.4 is 10.6 Å². The van der Waals surface area contributed by atoms with Crippen LogP contribution in [0.1, 0.15) is 31.6 Å². The van der Waals surface area contributed by atoms with Gasteiger partial charge in [-0.25, -0.2) is 0 Å². The first-order valence-electron chi connectivity index (χ1n) is 7.07. The van der Waals surface area contributed by atoms with E-state index in [1.165, 1.54) is 0 Å². The summed E-state index contributed by atoms with van der Waals surface area (Å²) in [6.45, 7) is 4.11. The van der Waals surface area contributed by atoms with E-state index in [1.807, 2.05) is 31.2 Å². The lowest BCUT2D eigenvalue weighted by Crippen LogP contribution is -2.47. The Hall–Kier alpha value is -1.43. The van der Waals surface area contributed by atoms with E-state index >= 15 is 0 Å². The summed E-state index contributed by atoms with van der Waals surface area (Å²) in [4.78, 5) is 12.3.